The third-order valence-electron chi connectivity index (χ3n) is 3.88. The molecule has 1 aliphatic rings. The van der Waals surface area contributed by atoms with E-state index in [9.17, 15) is 0 Å². The highest BCUT2D eigenvalue weighted by Gasteiger charge is 2.23. The van der Waals surface area contributed by atoms with Crippen LogP contribution in [0.1, 0.15) is 47.0 Å². The molecule has 0 saturated carbocycles. The van der Waals surface area contributed by atoms with Gasteiger partial charge in [-0.15, -0.1) is 0 Å². The van der Waals surface area contributed by atoms with Gasteiger partial charge in [0.05, 0.1) is 0 Å². The zero-order valence-corrected chi connectivity index (χ0v) is 11.6. The number of likely N-dealkylation sites (tertiary alicyclic amines) is 1. The predicted molar refractivity (Wildman–Crippen MR) is 71.8 cm³/mol. The van der Waals surface area contributed by atoms with Crippen LogP contribution in [-0.4, -0.2) is 37.1 Å². The van der Waals surface area contributed by atoms with E-state index >= 15 is 0 Å². The molecule has 0 radical (unpaired) electrons. The van der Waals surface area contributed by atoms with E-state index in [-0.39, 0.29) is 0 Å². The molecule has 96 valence electrons. The van der Waals surface area contributed by atoms with E-state index < -0.39 is 0 Å². The van der Waals surface area contributed by atoms with Gasteiger partial charge in [0.25, 0.3) is 0 Å². The Hall–Kier alpha value is -0.0800. The zero-order valence-electron chi connectivity index (χ0n) is 11.6. The smallest absolute Gasteiger partial charge is 0.00792 e. The lowest BCUT2D eigenvalue weighted by Crippen LogP contribution is -2.44. The summed E-state index contributed by atoms with van der Waals surface area (Å²) in [7, 11) is 0. The number of nitrogens with one attached hydrogen (secondary N) is 1. The number of nitrogens with zero attached hydrogens (tertiary/aromatic N) is 1. The molecule has 0 aliphatic carbocycles. The van der Waals surface area contributed by atoms with Gasteiger partial charge in [-0.3, -0.25) is 0 Å². The molecule has 1 aliphatic heterocycles. The SMILES string of the molecule is CCN1CCCC(C(C)NCCC(C)C)C1. The Morgan fingerprint density at radius 2 is 2.06 bits per heavy atom. The highest BCUT2D eigenvalue weighted by Crippen LogP contribution is 2.19. The Labute approximate surface area is 102 Å². The maximum absolute atomic E-state index is 3.70. The van der Waals surface area contributed by atoms with E-state index in [1.165, 1.54) is 45.4 Å². The van der Waals surface area contributed by atoms with Crippen LogP contribution >= 0.6 is 0 Å². The maximum Gasteiger partial charge on any atom is 0.00792 e. The van der Waals surface area contributed by atoms with Gasteiger partial charge in [-0.2, -0.15) is 0 Å². The van der Waals surface area contributed by atoms with Gasteiger partial charge in [0.2, 0.25) is 0 Å². The predicted octanol–water partition coefficient (Wildman–Crippen LogP) is 2.74. The topological polar surface area (TPSA) is 15.3 Å². The van der Waals surface area contributed by atoms with Crippen LogP contribution in [-0.2, 0) is 0 Å². The largest absolute Gasteiger partial charge is 0.314 e. The van der Waals surface area contributed by atoms with Crippen LogP contribution in [0, 0.1) is 11.8 Å². The molecule has 2 unspecified atom stereocenters. The average molecular weight is 226 g/mol. The van der Waals surface area contributed by atoms with E-state index in [0.29, 0.717) is 6.04 Å². The summed E-state index contributed by atoms with van der Waals surface area (Å²) in [6, 6.07) is 0.688. The minimum absolute atomic E-state index is 0.688. The first-order valence-corrected chi connectivity index (χ1v) is 7.09. The Morgan fingerprint density at radius 3 is 2.69 bits per heavy atom. The number of hydrogen-bond donors (Lipinski definition) is 1. The summed E-state index contributed by atoms with van der Waals surface area (Å²) in [5.41, 5.74) is 0. The molecule has 1 saturated heterocycles. The molecule has 0 aromatic rings. The van der Waals surface area contributed by atoms with Crippen molar-refractivity contribution in [1.29, 1.82) is 0 Å². The molecular formula is C14H30N2. The van der Waals surface area contributed by atoms with E-state index in [4.69, 9.17) is 0 Å². The number of rotatable bonds is 6. The summed E-state index contributed by atoms with van der Waals surface area (Å²) in [5.74, 6) is 1.68. The average Bonchev–Trinajstić information content (AvgIpc) is 2.28. The standard InChI is InChI=1S/C14H30N2/c1-5-16-10-6-7-14(11-16)13(4)15-9-8-12(2)3/h12-15H,5-11H2,1-4H3. The third-order valence-corrected chi connectivity index (χ3v) is 3.88. The molecule has 0 aromatic heterocycles. The lowest BCUT2D eigenvalue weighted by molar-refractivity contribution is 0.157. The van der Waals surface area contributed by atoms with Gasteiger partial charge in [0.1, 0.15) is 0 Å². The van der Waals surface area contributed by atoms with Crippen molar-refractivity contribution < 1.29 is 0 Å². The minimum atomic E-state index is 0.688. The Morgan fingerprint density at radius 1 is 1.31 bits per heavy atom. The Bertz CT molecular complexity index is 180. The monoisotopic (exact) mass is 226 g/mol. The van der Waals surface area contributed by atoms with Gasteiger partial charge >= 0.3 is 0 Å². The molecule has 2 nitrogen and oxygen atoms in total. The van der Waals surface area contributed by atoms with E-state index in [1.54, 1.807) is 0 Å². The lowest BCUT2D eigenvalue weighted by Gasteiger charge is -2.35. The summed E-state index contributed by atoms with van der Waals surface area (Å²) in [4.78, 5) is 2.59. The fraction of sp³-hybridized carbons (Fsp3) is 1.00. The second-order valence-corrected chi connectivity index (χ2v) is 5.72. The van der Waals surface area contributed by atoms with Crippen LogP contribution in [0.15, 0.2) is 0 Å². The van der Waals surface area contributed by atoms with Crippen molar-refractivity contribution in [3.8, 4) is 0 Å². The van der Waals surface area contributed by atoms with Crippen LogP contribution < -0.4 is 5.32 Å². The number of piperidine rings is 1. The van der Waals surface area contributed by atoms with Crippen molar-refractivity contribution in [2.24, 2.45) is 11.8 Å². The first-order chi connectivity index (χ1) is 7.63. The maximum atomic E-state index is 3.70. The van der Waals surface area contributed by atoms with E-state index in [0.717, 1.165) is 11.8 Å². The van der Waals surface area contributed by atoms with Crippen LogP contribution in [0.2, 0.25) is 0 Å². The summed E-state index contributed by atoms with van der Waals surface area (Å²) < 4.78 is 0. The molecule has 0 aromatic carbocycles. The van der Waals surface area contributed by atoms with Gasteiger partial charge in [-0.25, -0.2) is 0 Å². The summed E-state index contributed by atoms with van der Waals surface area (Å²) in [6.07, 6.45) is 4.09. The quantitative estimate of drug-likeness (QED) is 0.749. The van der Waals surface area contributed by atoms with Crippen molar-refractivity contribution in [3.05, 3.63) is 0 Å². The highest BCUT2D eigenvalue weighted by molar-refractivity contribution is 4.79. The summed E-state index contributed by atoms with van der Waals surface area (Å²) >= 11 is 0. The van der Waals surface area contributed by atoms with Crippen LogP contribution in [0.5, 0.6) is 0 Å². The molecule has 0 spiro atoms. The van der Waals surface area contributed by atoms with Crippen molar-refractivity contribution in [1.82, 2.24) is 10.2 Å². The molecule has 1 fully saturated rings. The van der Waals surface area contributed by atoms with Gasteiger partial charge in [-0.1, -0.05) is 20.8 Å². The zero-order chi connectivity index (χ0) is 12.0. The third kappa shape index (κ3) is 4.84. The highest BCUT2D eigenvalue weighted by atomic mass is 15.1. The van der Waals surface area contributed by atoms with Gasteiger partial charge < -0.3 is 10.2 Å². The molecule has 1 rings (SSSR count). The molecule has 16 heavy (non-hydrogen) atoms. The number of hydrogen-bond acceptors (Lipinski definition) is 2. The Kier molecular flexibility index (Phi) is 6.37. The van der Waals surface area contributed by atoms with Crippen molar-refractivity contribution in [2.75, 3.05) is 26.2 Å². The minimum Gasteiger partial charge on any atom is -0.314 e. The van der Waals surface area contributed by atoms with Gasteiger partial charge in [0, 0.05) is 12.6 Å². The molecule has 2 heteroatoms. The lowest BCUT2D eigenvalue weighted by atomic mass is 9.91. The molecule has 0 amide bonds. The van der Waals surface area contributed by atoms with Crippen molar-refractivity contribution in [2.45, 2.75) is 53.0 Å². The van der Waals surface area contributed by atoms with Gasteiger partial charge in [-0.05, 0) is 57.7 Å². The molecule has 1 heterocycles. The summed E-state index contributed by atoms with van der Waals surface area (Å²) in [5, 5.41) is 3.70. The van der Waals surface area contributed by atoms with Crippen LogP contribution in [0.25, 0.3) is 0 Å². The second-order valence-electron chi connectivity index (χ2n) is 5.72. The molecule has 1 N–H and O–H groups in total. The first kappa shape index (κ1) is 14.0. The fourth-order valence-corrected chi connectivity index (χ4v) is 2.55. The van der Waals surface area contributed by atoms with E-state index in [1.807, 2.05) is 0 Å². The first-order valence-electron chi connectivity index (χ1n) is 7.09. The Balaban J connectivity index is 2.21. The van der Waals surface area contributed by atoms with Crippen LogP contribution in [0.4, 0.5) is 0 Å². The normalized spacial score (nSPS) is 24.9. The summed E-state index contributed by atoms with van der Waals surface area (Å²) in [6.45, 7) is 14.2. The van der Waals surface area contributed by atoms with E-state index in [2.05, 4.69) is 37.9 Å². The van der Waals surface area contributed by atoms with Crippen LogP contribution in [0.3, 0.4) is 0 Å². The molecular weight excluding hydrogens is 196 g/mol. The molecule has 0 bridgehead atoms. The fourth-order valence-electron chi connectivity index (χ4n) is 2.55. The van der Waals surface area contributed by atoms with Gasteiger partial charge in [0.15, 0.2) is 0 Å². The van der Waals surface area contributed by atoms with Crippen molar-refractivity contribution >= 4 is 0 Å². The van der Waals surface area contributed by atoms with Crippen molar-refractivity contribution in [3.63, 3.8) is 0 Å². The second kappa shape index (κ2) is 7.29. The molecule has 2 atom stereocenters.